The predicted molar refractivity (Wildman–Crippen MR) is 69.1 cm³/mol. The molecule has 1 aromatic carbocycles. The van der Waals surface area contributed by atoms with Gasteiger partial charge in [-0.1, -0.05) is 18.2 Å². The van der Waals surface area contributed by atoms with Crippen LogP contribution in [0.2, 0.25) is 0 Å². The Bertz CT molecular complexity index is 532. The topological polar surface area (TPSA) is 26.2 Å². The fraction of sp³-hybridized carbons (Fsp3) is 0.429. The van der Waals surface area contributed by atoms with E-state index in [9.17, 15) is 0 Å². The van der Waals surface area contributed by atoms with Gasteiger partial charge in [0.1, 0.15) is 0 Å². The van der Waals surface area contributed by atoms with Crippen LogP contribution in [0.25, 0.3) is 10.9 Å². The molecule has 3 rings (SSSR count). The van der Waals surface area contributed by atoms with Crippen LogP contribution in [0.3, 0.4) is 0 Å². The minimum absolute atomic E-state index is 0.162. The molecule has 0 bridgehead atoms. The molecule has 2 atom stereocenters. The Morgan fingerprint density at radius 2 is 2.18 bits per heavy atom. The number of para-hydroxylation sites is 1. The number of benzene rings is 1. The van der Waals surface area contributed by atoms with Gasteiger partial charge >= 0.3 is 0 Å². The number of rotatable bonds is 1. The second-order valence-electron chi connectivity index (χ2n) is 4.75. The summed E-state index contributed by atoms with van der Waals surface area (Å²) in [6.45, 7) is 3.92. The van der Waals surface area contributed by atoms with Crippen LogP contribution >= 0.6 is 0 Å². The second-order valence-corrected chi connectivity index (χ2v) is 4.75. The SMILES string of the molecule is CC1NCCOC1c1cn(C)c2ccccc12. The average Bonchev–Trinajstić information content (AvgIpc) is 2.68. The monoisotopic (exact) mass is 230 g/mol. The summed E-state index contributed by atoms with van der Waals surface area (Å²) in [5.74, 6) is 0. The molecule has 0 radical (unpaired) electrons. The molecule has 1 aromatic heterocycles. The zero-order chi connectivity index (χ0) is 11.8. The molecule has 17 heavy (non-hydrogen) atoms. The highest BCUT2D eigenvalue weighted by Gasteiger charge is 2.26. The number of ether oxygens (including phenoxy) is 1. The Morgan fingerprint density at radius 1 is 1.35 bits per heavy atom. The van der Waals surface area contributed by atoms with Crippen molar-refractivity contribution in [2.75, 3.05) is 13.2 Å². The fourth-order valence-corrected chi connectivity index (χ4v) is 2.68. The minimum atomic E-state index is 0.162. The Balaban J connectivity index is 2.10. The van der Waals surface area contributed by atoms with Crippen molar-refractivity contribution in [1.82, 2.24) is 9.88 Å². The predicted octanol–water partition coefficient (Wildman–Crippen LogP) is 2.23. The van der Waals surface area contributed by atoms with Gasteiger partial charge in [0.2, 0.25) is 0 Å². The van der Waals surface area contributed by atoms with Crippen LogP contribution in [0, 0.1) is 0 Å². The first-order valence-electron chi connectivity index (χ1n) is 6.16. The van der Waals surface area contributed by atoms with E-state index in [-0.39, 0.29) is 6.10 Å². The highest BCUT2D eigenvalue weighted by molar-refractivity contribution is 5.84. The summed E-state index contributed by atoms with van der Waals surface area (Å²) in [5.41, 5.74) is 2.56. The first kappa shape index (κ1) is 10.8. The lowest BCUT2D eigenvalue weighted by Gasteiger charge is -2.30. The fourth-order valence-electron chi connectivity index (χ4n) is 2.68. The molecule has 90 valence electrons. The summed E-state index contributed by atoms with van der Waals surface area (Å²) in [5, 5.41) is 4.77. The van der Waals surface area contributed by atoms with Gasteiger partial charge < -0.3 is 14.6 Å². The van der Waals surface area contributed by atoms with Crippen molar-refractivity contribution in [3.8, 4) is 0 Å². The number of hydrogen-bond acceptors (Lipinski definition) is 2. The summed E-state index contributed by atoms with van der Waals surface area (Å²) in [6, 6.07) is 8.87. The molecule has 2 heterocycles. The van der Waals surface area contributed by atoms with Gasteiger partial charge in [0.25, 0.3) is 0 Å². The lowest BCUT2D eigenvalue weighted by Crippen LogP contribution is -2.41. The van der Waals surface area contributed by atoms with Gasteiger partial charge in [-0.15, -0.1) is 0 Å². The molecule has 0 spiro atoms. The van der Waals surface area contributed by atoms with Crippen molar-refractivity contribution in [2.45, 2.75) is 19.1 Å². The molecule has 2 unspecified atom stereocenters. The van der Waals surface area contributed by atoms with Crippen LogP contribution in [-0.4, -0.2) is 23.8 Å². The molecule has 1 aliphatic heterocycles. The Labute approximate surface area is 101 Å². The Hall–Kier alpha value is -1.32. The van der Waals surface area contributed by atoms with Crippen LogP contribution in [0.4, 0.5) is 0 Å². The zero-order valence-corrected chi connectivity index (χ0v) is 10.3. The molecular formula is C14H18N2O. The van der Waals surface area contributed by atoms with E-state index in [4.69, 9.17) is 4.74 Å². The highest BCUT2D eigenvalue weighted by atomic mass is 16.5. The van der Waals surface area contributed by atoms with Crippen molar-refractivity contribution < 1.29 is 4.74 Å². The van der Waals surface area contributed by atoms with Gasteiger partial charge in [-0.05, 0) is 13.0 Å². The van der Waals surface area contributed by atoms with Gasteiger partial charge in [-0.2, -0.15) is 0 Å². The number of aryl methyl sites for hydroxylation is 1. The number of nitrogens with one attached hydrogen (secondary N) is 1. The van der Waals surface area contributed by atoms with E-state index >= 15 is 0 Å². The van der Waals surface area contributed by atoms with Crippen LogP contribution in [0.15, 0.2) is 30.5 Å². The largest absolute Gasteiger partial charge is 0.371 e. The lowest BCUT2D eigenvalue weighted by molar-refractivity contribution is 0.000583. The standard InChI is InChI=1S/C14H18N2O/c1-10-14(17-8-7-15-10)12-9-16(2)13-6-4-3-5-11(12)13/h3-6,9-10,14-15H,7-8H2,1-2H3. The zero-order valence-electron chi connectivity index (χ0n) is 10.3. The summed E-state index contributed by atoms with van der Waals surface area (Å²) in [4.78, 5) is 0. The molecular weight excluding hydrogens is 212 g/mol. The number of aromatic nitrogens is 1. The third-order valence-electron chi connectivity index (χ3n) is 3.55. The molecule has 1 saturated heterocycles. The van der Waals surface area contributed by atoms with Crippen molar-refractivity contribution >= 4 is 10.9 Å². The number of nitrogens with zero attached hydrogens (tertiary/aromatic N) is 1. The highest BCUT2D eigenvalue weighted by Crippen LogP contribution is 2.31. The first-order chi connectivity index (χ1) is 8.27. The van der Waals surface area contributed by atoms with Gasteiger partial charge in [0.15, 0.2) is 0 Å². The number of morpholine rings is 1. The van der Waals surface area contributed by atoms with Crippen molar-refractivity contribution in [3.05, 3.63) is 36.0 Å². The normalized spacial score (nSPS) is 25.3. The first-order valence-corrected chi connectivity index (χ1v) is 6.16. The molecule has 3 nitrogen and oxygen atoms in total. The second kappa shape index (κ2) is 4.17. The molecule has 2 aromatic rings. The van der Waals surface area contributed by atoms with E-state index in [1.807, 2.05) is 0 Å². The summed E-state index contributed by atoms with van der Waals surface area (Å²) < 4.78 is 8.10. The molecule has 1 fully saturated rings. The van der Waals surface area contributed by atoms with Crippen LogP contribution < -0.4 is 5.32 Å². The molecule has 1 aliphatic rings. The van der Waals surface area contributed by atoms with Crippen LogP contribution in [0.5, 0.6) is 0 Å². The van der Waals surface area contributed by atoms with E-state index in [2.05, 4.69) is 54.3 Å². The number of hydrogen-bond donors (Lipinski definition) is 1. The third-order valence-corrected chi connectivity index (χ3v) is 3.55. The van der Waals surface area contributed by atoms with E-state index < -0.39 is 0 Å². The van der Waals surface area contributed by atoms with E-state index in [0.29, 0.717) is 6.04 Å². The molecule has 3 heteroatoms. The average molecular weight is 230 g/mol. The van der Waals surface area contributed by atoms with Gasteiger partial charge in [0.05, 0.1) is 12.7 Å². The molecule has 0 amide bonds. The quantitative estimate of drug-likeness (QED) is 0.813. The Morgan fingerprint density at radius 3 is 3.00 bits per heavy atom. The van der Waals surface area contributed by atoms with Crippen LogP contribution in [-0.2, 0) is 11.8 Å². The maximum absolute atomic E-state index is 5.92. The number of fused-ring (bicyclic) bond motifs is 1. The summed E-state index contributed by atoms with van der Waals surface area (Å²) in [7, 11) is 2.09. The molecule has 1 N–H and O–H groups in total. The van der Waals surface area contributed by atoms with Gasteiger partial charge in [0, 0.05) is 42.3 Å². The lowest BCUT2D eigenvalue weighted by atomic mass is 10.0. The van der Waals surface area contributed by atoms with Crippen molar-refractivity contribution in [1.29, 1.82) is 0 Å². The minimum Gasteiger partial charge on any atom is -0.371 e. The smallest absolute Gasteiger partial charge is 0.0996 e. The van der Waals surface area contributed by atoms with Crippen molar-refractivity contribution in [2.24, 2.45) is 7.05 Å². The maximum atomic E-state index is 5.92. The Kier molecular flexibility index (Phi) is 2.65. The van der Waals surface area contributed by atoms with E-state index in [0.717, 1.165) is 13.2 Å². The van der Waals surface area contributed by atoms with Crippen LogP contribution in [0.1, 0.15) is 18.6 Å². The van der Waals surface area contributed by atoms with Gasteiger partial charge in [-0.3, -0.25) is 0 Å². The summed E-state index contributed by atoms with van der Waals surface area (Å²) in [6.07, 6.45) is 2.36. The van der Waals surface area contributed by atoms with E-state index in [1.165, 1.54) is 16.5 Å². The maximum Gasteiger partial charge on any atom is 0.0996 e. The summed E-state index contributed by atoms with van der Waals surface area (Å²) >= 11 is 0. The third kappa shape index (κ3) is 1.75. The molecule has 0 saturated carbocycles. The van der Waals surface area contributed by atoms with E-state index in [1.54, 1.807) is 0 Å². The van der Waals surface area contributed by atoms with Crippen molar-refractivity contribution in [3.63, 3.8) is 0 Å². The molecule has 0 aliphatic carbocycles. The van der Waals surface area contributed by atoms with Gasteiger partial charge in [-0.25, -0.2) is 0 Å².